The first kappa shape index (κ1) is 13.7. The Labute approximate surface area is 73.5 Å². The van der Waals surface area contributed by atoms with Gasteiger partial charge < -0.3 is 21.0 Å². The summed E-state index contributed by atoms with van der Waals surface area (Å²) in [5, 5.41) is 10.2. The number of rotatable bonds is 4. The molecule has 0 aliphatic carbocycles. The zero-order valence-electron chi connectivity index (χ0n) is 8.26. The van der Waals surface area contributed by atoms with Gasteiger partial charge in [-0.3, -0.25) is 0 Å². The normalized spacial score (nSPS) is 11.2. The van der Waals surface area contributed by atoms with Gasteiger partial charge in [-0.1, -0.05) is 6.08 Å². The summed E-state index contributed by atoms with van der Waals surface area (Å²) >= 11 is 0. The van der Waals surface area contributed by atoms with E-state index in [2.05, 4.69) is 0 Å². The van der Waals surface area contributed by atoms with Crippen LogP contribution in [0.1, 0.15) is 13.3 Å². The molecule has 0 atom stereocenters. The van der Waals surface area contributed by atoms with E-state index in [4.69, 9.17) is 0 Å². The Kier molecular flexibility index (Phi) is 7.78. The smallest absolute Gasteiger partial charge is 0.0668 e. The van der Waals surface area contributed by atoms with Crippen molar-refractivity contribution in [3.63, 3.8) is 0 Å². The van der Waals surface area contributed by atoms with Crippen LogP contribution < -0.4 is 11.3 Å². The first-order valence-corrected chi connectivity index (χ1v) is 3.57. The average Bonchev–Trinajstić information content (AvgIpc) is 1.86. The van der Waals surface area contributed by atoms with E-state index in [1.807, 2.05) is 19.0 Å². The van der Waals surface area contributed by atoms with E-state index in [0.717, 1.165) is 13.0 Å². The van der Waals surface area contributed by atoms with Crippen molar-refractivity contribution >= 4 is 5.97 Å². The molecule has 0 aromatic heterocycles. The molecule has 0 aromatic carbocycles. The van der Waals surface area contributed by atoms with E-state index in [-0.39, 0.29) is 6.15 Å². The Morgan fingerprint density at radius 1 is 1.50 bits per heavy atom. The van der Waals surface area contributed by atoms with E-state index < -0.39 is 5.97 Å². The molecule has 4 N–H and O–H groups in total. The molecule has 0 bridgehead atoms. The highest BCUT2D eigenvalue weighted by Crippen LogP contribution is 1.93. The molecule has 4 heteroatoms. The number of carboxylic acid groups (broad SMARTS) is 1. The Bertz CT molecular complexity index is 164. The molecule has 0 aliphatic heterocycles. The molecule has 0 unspecified atom stereocenters. The SMILES string of the molecule is CC(=CCCN(C)C)C(=O)[O-].[NH4+]. The quantitative estimate of drug-likeness (QED) is 0.610. The number of carbonyl (C=O) groups excluding carboxylic acids is 1. The second kappa shape index (κ2) is 6.82. The maximum absolute atomic E-state index is 10.2. The lowest BCUT2D eigenvalue weighted by Gasteiger charge is -2.07. The fraction of sp³-hybridized carbons (Fsp3) is 0.625. The first-order chi connectivity index (χ1) is 5.04. The molecule has 0 aliphatic rings. The van der Waals surface area contributed by atoms with Crippen LogP contribution in [0.5, 0.6) is 0 Å². The topological polar surface area (TPSA) is 79.9 Å². The summed E-state index contributed by atoms with van der Waals surface area (Å²) in [5.41, 5.74) is 0.312. The average molecular weight is 174 g/mol. The van der Waals surface area contributed by atoms with Gasteiger partial charge in [0.25, 0.3) is 0 Å². The van der Waals surface area contributed by atoms with Crippen molar-refractivity contribution in [2.24, 2.45) is 0 Å². The van der Waals surface area contributed by atoms with Crippen LogP contribution in [0.25, 0.3) is 0 Å². The van der Waals surface area contributed by atoms with E-state index in [1.54, 1.807) is 13.0 Å². The van der Waals surface area contributed by atoms with Crippen LogP contribution >= 0.6 is 0 Å². The van der Waals surface area contributed by atoms with Gasteiger partial charge in [0, 0.05) is 6.54 Å². The van der Waals surface area contributed by atoms with Gasteiger partial charge in [-0.05, 0) is 33.0 Å². The van der Waals surface area contributed by atoms with Crippen LogP contribution in [0.4, 0.5) is 0 Å². The van der Waals surface area contributed by atoms with Crippen molar-refractivity contribution in [2.45, 2.75) is 13.3 Å². The maximum atomic E-state index is 10.2. The number of hydrogen-bond acceptors (Lipinski definition) is 3. The third kappa shape index (κ3) is 7.24. The predicted molar refractivity (Wildman–Crippen MR) is 47.9 cm³/mol. The molecule has 72 valence electrons. The molecule has 0 saturated heterocycles. The molecule has 0 heterocycles. The molecule has 0 amide bonds. The summed E-state index contributed by atoms with van der Waals surface area (Å²) in [6.45, 7) is 2.41. The third-order valence-electron chi connectivity index (χ3n) is 1.35. The molecule has 0 fully saturated rings. The third-order valence-corrected chi connectivity index (χ3v) is 1.35. The zero-order valence-corrected chi connectivity index (χ0v) is 8.26. The highest BCUT2D eigenvalue weighted by atomic mass is 16.4. The molecule has 0 saturated carbocycles. The van der Waals surface area contributed by atoms with Crippen molar-refractivity contribution in [2.75, 3.05) is 20.6 Å². The van der Waals surface area contributed by atoms with Crippen molar-refractivity contribution < 1.29 is 9.90 Å². The Balaban J connectivity index is 0. The van der Waals surface area contributed by atoms with Crippen molar-refractivity contribution in [3.05, 3.63) is 11.6 Å². The van der Waals surface area contributed by atoms with E-state index in [0.29, 0.717) is 5.57 Å². The summed E-state index contributed by atoms with van der Waals surface area (Å²) in [5.74, 6) is -1.08. The monoisotopic (exact) mass is 174 g/mol. The summed E-state index contributed by atoms with van der Waals surface area (Å²) in [7, 11) is 3.89. The van der Waals surface area contributed by atoms with Crippen LogP contribution in [0.15, 0.2) is 11.6 Å². The van der Waals surface area contributed by atoms with Crippen molar-refractivity contribution in [1.82, 2.24) is 11.1 Å². The minimum Gasteiger partial charge on any atom is -0.545 e. The summed E-state index contributed by atoms with van der Waals surface area (Å²) in [4.78, 5) is 12.2. The minimum atomic E-state index is -1.08. The van der Waals surface area contributed by atoms with Crippen molar-refractivity contribution in [1.29, 1.82) is 0 Å². The van der Waals surface area contributed by atoms with E-state index >= 15 is 0 Å². The van der Waals surface area contributed by atoms with E-state index in [1.165, 1.54) is 0 Å². The van der Waals surface area contributed by atoms with E-state index in [9.17, 15) is 9.90 Å². The molecule has 0 rings (SSSR count). The maximum Gasteiger partial charge on any atom is 0.0668 e. The van der Waals surface area contributed by atoms with Crippen LogP contribution in [0.3, 0.4) is 0 Å². The lowest BCUT2D eigenvalue weighted by molar-refractivity contribution is -0.299. The lowest BCUT2D eigenvalue weighted by Crippen LogP contribution is -2.23. The predicted octanol–water partition coefficient (Wildman–Crippen LogP) is 0.0105. The van der Waals surface area contributed by atoms with Gasteiger partial charge in [-0.15, -0.1) is 0 Å². The van der Waals surface area contributed by atoms with Gasteiger partial charge in [0.2, 0.25) is 0 Å². The number of nitrogens with zero attached hydrogens (tertiary/aromatic N) is 1. The molecular formula is C8H18N2O2. The first-order valence-electron chi connectivity index (χ1n) is 3.57. The van der Waals surface area contributed by atoms with Gasteiger partial charge in [-0.25, -0.2) is 0 Å². The summed E-state index contributed by atoms with van der Waals surface area (Å²) in [6.07, 6.45) is 2.43. The van der Waals surface area contributed by atoms with Gasteiger partial charge >= 0.3 is 0 Å². The van der Waals surface area contributed by atoms with Gasteiger partial charge in [0.05, 0.1) is 5.97 Å². The zero-order chi connectivity index (χ0) is 8.85. The van der Waals surface area contributed by atoms with Crippen LogP contribution in [-0.2, 0) is 4.79 Å². The lowest BCUT2D eigenvalue weighted by atomic mass is 10.2. The molecule has 4 nitrogen and oxygen atoms in total. The number of carbonyl (C=O) groups is 1. The highest BCUT2D eigenvalue weighted by Gasteiger charge is 1.89. The number of carboxylic acids is 1. The summed E-state index contributed by atoms with van der Waals surface area (Å²) < 4.78 is 0. The highest BCUT2D eigenvalue weighted by molar-refractivity contribution is 5.83. The fourth-order valence-electron chi connectivity index (χ4n) is 0.623. The molecule has 0 radical (unpaired) electrons. The van der Waals surface area contributed by atoms with Crippen LogP contribution in [-0.4, -0.2) is 31.5 Å². The minimum absolute atomic E-state index is 0. The van der Waals surface area contributed by atoms with Crippen molar-refractivity contribution in [3.8, 4) is 0 Å². The number of hydrogen-bond donors (Lipinski definition) is 1. The standard InChI is InChI=1S/C8H15NO2.H3N/c1-7(8(10)11)5-4-6-9(2)3;/h5H,4,6H2,1-3H3,(H,10,11);1H3. The largest absolute Gasteiger partial charge is 0.545 e. The molecule has 12 heavy (non-hydrogen) atoms. The molecule has 0 aromatic rings. The molecular weight excluding hydrogens is 156 g/mol. The Morgan fingerprint density at radius 3 is 2.33 bits per heavy atom. The van der Waals surface area contributed by atoms with Gasteiger partial charge in [-0.2, -0.15) is 0 Å². The number of aliphatic carboxylic acids is 1. The Hall–Kier alpha value is -0.870. The Morgan fingerprint density at radius 2 is 2.00 bits per heavy atom. The van der Waals surface area contributed by atoms with Gasteiger partial charge in [0.1, 0.15) is 0 Å². The fourth-order valence-corrected chi connectivity index (χ4v) is 0.623. The number of quaternary nitrogens is 1. The summed E-state index contributed by atoms with van der Waals surface area (Å²) in [6, 6.07) is 0. The van der Waals surface area contributed by atoms with Gasteiger partial charge in [0.15, 0.2) is 0 Å². The second-order valence-electron chi connectivity index (χ2n) is 2.77. The van der Waals surface area contributed by atoms with Crippen LogP contribution in [0, 0.1) is 0 Å². The second-order valence-corrected chi connectivity index (χ2v) is 2.77. The molecule has 0 spiro atoms. The van der Waals surface area contributed by atoms with Crippen LogP contribution in [0.2, 0.25) is 0 Å².